The van der Waals surface area contributed by atoms with Gasteiger partial charge in [-0.1, -0.05) is 29.8 Å². The number of rotatable bonds is 4. The molecule has 0 radical (unpaired) electrons. The number of hydrogen-bond donors (Lipinski definition) is 1. The second-order valence-corrected chi connectivity index (χ2v) is 5.22. The Balaban J connectivity index is 2.02. The van der Waals surface area contributed by atoms with E-state index in [1.54, 1.807) is 37.3 Å². The third-order valence-electron chi connectivity index (χ3n) is 3.06. The lowest BCUT2D eigenvalue weighted by Gasteiger charge is -2.13. The van der Waals surface area contributed by atoms with Crippen molar-refractivity contribution in [1.82, 2.24) is 5.32 Å². The van der Waals surface area contributed by atoms with Gasteiger partial charge < -0.3 is 5.32 Å². The van der Waals surface area contributed by atoms with E-state index in [4.69, 9.17) is 11.6 Å². The summed E-state index contributed by atoms with van der Waals surface area (Å²) < 4.78 is 26.5. The van der Waals surface area contributed by atoms with Crippen LogP contribution >= 0.6 is 11.6 Å². The third kappa shape index (κ3) is 4.40. The van der Waals surface area contributed by atoms with Crippen LogP contribution in [-0.4, -0.2) is 5.91 Å². The van der Waals surface area contributed by atoms with E-state index < -0.39 is 17.7 Å². The monoisotopic (exact) mass is 321 g/mol. The first-order chi connectivity index (χ1) is 10.5. The first-order valence-electron chi connectivity index (χ1n) is 6.65. The first-order valence-corrected chi connectivity index (χ1v) is 7.02. The molecule has 0 unspecified atom stereocenters. The van der Waals surface area contributed by atoms with Gasteiger partial charge in [0.15, 0.2) is 0 Å². The normalized spacial score (nSPS) is 12.4. The largest absolute Gasteiger partial charge is 0.346 e. The second kappa shape index (κ2) is 7.18. The highest BCUT2D eigenvalue weighted by Crippen LogP contribution is 2.18. The second-order valence-electron chi connectivity index (χ2n) is 4.78. The van der Waals surface area contributed by atoms with Crippen LogP contribution in [0, 0.1) is 11.6 Å². The molecule has 1 atom stereocenters. The Bertz CT molecular complexity index is 716. The highest BCUT2D eigenvalue weighted by Gasteiger charge is 2.12. The summed E-state index contributed by atoms with van der Waals surface area (Å²) >= 11 is 5.85. The maximum atomic E-state index is 13.6. The molecule has 0 aliphatic heterocycles. The average molecular weight is 322 g/mol. The molecule has 0 spiro atoms. The van der Waals surface area contributed by atoms with Gasteiger partial charge >= 0.3 is 0 Å². The molecule has 2 rings (SSSR count). The fraction of sp³-hybridized carbons (Fsp3) is 0.118. The third-order valence-corrected chi connectivity index (χ3v) is 3.30. The number of nitrogens with one attached hydrogen (secondary N) is 1. The Morgan fingerprint density at radius 1 is 1.23 bits per heavy atom. The van der Waals surface area contributed by atoms with Gasteiger partial charge in [0.25, 0.3) is 0 Å². The van der Waals surface area contributed by atoms with Gasteiger partial charge in [0.1, 0.15) is 11.6 Å². The van der Waals surface area contributed by atoms with E-state index in [9.17, 15) is 13.6 Å². The molecule has 1 amide bonds. The van der Waals surface area contributed by atoms with Crippen LogP contribution in [0.4, 0.5) is 8.78 Å². The predicted octanol–water partition coefficient (Wildman–Crippen LogP) is 4.51. The van der Waals surface area contributed by atoms with Crippen molar-refractivity contribution in [2.24, 2.45) is 0 Å². The van der Waals surface area contributed by atoms with Crippen molar-refractivity contribution in [2.75, 3.05) is 0 Å². The van der Waals surface area contributed by atoms with Gasteiger partial charge in [0.05, 0.1) is 6.04 Å². The zero-order valence-electron chi connectivity index (χ0n) is 11.8. The number of amides is 1. The van der Waals surface area contributed by atoms with Crippen molar-refractivity contribution in [3.05, 3.63) is 76.3 Å². The lowest BCUT2D eigenvalue weighted by molar-refractivity contribution is -0.117. The van der Waals surface area contributed by atoms with Crippen molar-refractivity contribution >= 4 is 23.6 Å². The summed E-state index contributed by atoms with van der Waals surface area (Å²) in [4.78, 5) is 11.8. The molecule has 0 saturated heterocycles. The minimum Gasteiger partial charge on any atom is -0.346 e. The molecule has 114 valence electrons. The van der Waals surface area contributed by atoms with Gasteiger partial charge in [-0.2, -0.15) is 0 Å². The summed E-state index contributed by atoms with van der Waals surface area (Å²) in [6.07, 6.45) is 2.94. The zero-order valence-corrected chi connectivity index (χ0v) is 12.6. The number of carbonyl (C=O) groups excluding carboxylic acids is 1. The van der Waals surface area contributed by atoms with Gasteiger partial charge in [0, 0.05) is 22.7 Å². The van der Waals surface area contributed by atoms with Crippen LogP contribution in [0.1, 0.15) is 24.1 Å². The van der Waals surface area contributed by atoms with Gasteiger partial charge in [0.2, 0.25) is 5.91 Å². The molecular formula is C17H14ClF2NO. The average Bonchev–Trinajstić information content (AvgIpc) is 2.45. The van der Waals surface area contributed by atoms with E-state index in [1.165, 1.54) is 12.1 Å². The van der Waals surface area contributed by atoms with E-state index in [-0.39, 0.29) is 11.5 Å². The quantitative estimate of drug-likeness (QED) is 0.825. The molecule has 0 heterocycles. The molecule has 1 N–H and O–H groups in total. The summed E-state index contributed by atoms with van der Waals surface area (Å²) in [5.74, 6) is -1.72. The molecule has 0 fully saturated rings. The summed E-state index contributed by atoms with van der Waals surface area (Å²) in [5, 5.41) is 3.19. The molecule has 2 aromatic carbocycles. The van der Waals surface area contributed by atoms with Crippen LogP contribution in [-0.2, 0) is 4.79 Å². The van der Waals surface area contributed by atoms with Gasteiger partial charge in [-0.15, -0.1) is 0 Å². The van der Waals surface area contributed by atoms with E-state index >= 15 is 0 Å². The molecule has 0 saturated carbocycles. The predicted molar refractivity (Wildman–Crippen MR) is 83.4 cm³/mol. The fourth-order valence-corrected chi connectivity index (χ4v) is 2.17. The van der Waals surface area contributed by atoms with Crippen LogP contribution in [0.5, 0.6) is 0 Å². The van der Waals surface area contributed by atoms with E-state index in [0.29, 0.717) is 5.02 Å². The Labute approximate surface area is 132 Å². The molecule has 0 aliphatic carbocycles. The fourth-order valence-electron chi connectivity index (χ4n) is 1.97. The summed E-state index contributed by atoms with van der Waals surface area (Å²) in [7, 11) is 0. The lowest BCUT2D eigenvalue weighted by atomic mass is 10.1. The summed E-state index contributed by atoms with van der Waals surface area (Å²) in [6.45, 7) is 1.63. The number of halogens is 3. The van der Waals surface area contributed by atoms with Crippen molar-refractivity contribution in [3.8, 4) is 0 Å². The van der Waals surface area contributed by atoms with Crippen LogP contribution in [0.15, 0.2) is 48.5 Å². The number of carbonyl (C=O) groups is 1. The molecule has 22 heavy (non-hydrogen) atoms. The van der Waals surface area contributed by atoms with Crippen molar-refractivity contribution in [2.45, 2.75) is 13.0 Å². The highest BCUT2D eigenvalue weighted by molar-refractivity contribution is 6.30. The molecule has 0 aliphatic rings. The standard InChI is InChI=1S/C17H14ClF2NO/c1-11(15-7-6-14(19)10-16(15)20)21-17(22)8-5-12-3-2-4-13(18)9-12/h2-11H,1H3,(H,21,22)/b8-5+/t11-/m0/s1. The minimum absolute atomic E-state index is 0.228. The molecule has 0 bridgehead atoms. The Kier molecular flexibility index (Phi) is 5.28. The van der Waals surface area contributed by atoms with Crippen molar-refractivity contribution < 1.29 is 13.6 Å². The van der Waals surface area contributed by atoms with Crippen molar-refractivity contribution in [1.29, 1.82) is 0 Å². The number of benzene rings is 2. The van der Waals surface area contributed by atoms with Crippen LogP contribution in [0.2, 0.25) is 5.02 Å². The first kappa shape index (κ1) is 16.2. The molecular weight excluding hydrogens is 308 g/mol. The van der Waals surface area contributed by atoms with E-state index in [2.05, 4.69) is 5.32 Å². The lowest BCUT2D eigenvalue weighted by Crippen LogP contribution is -2.25. The Morgan fingerprint density at radius 2 is 2.00 bits per heavy atom. The summed E-state index contributed by atoms with van der Waals surface area (Å²) in [6, 6.07) is 9.72. The SMILES string of the molecule is C[C@H](NC(=O)/C=C/c1cccc(Cl)c1)c1ccc(F)cc1F. The van der Waals surface area contributed by atoms with Crippen LogP contribution in [0.25, 0.3) is 6.08 Å². The Morgan fingerprint density at radius 3 is 2.68 bits per heavy atom. The zero-order chi connectivity index (χ0) is 16.1. The molecule has 5 heteroatoms. The van der Waals surface area contributed by atoms with Gasteiger partial charge in [-0.05, 0) is 36.8 Å². The molecule has 2 nitrogen and oxygen atoms in total. The molecule has 0 aromatic heterocycles. The smallest absolute Gasteiger partial charge is 0.244 e. The van der Waals surface area contributed by atoms with E-state index in [1.807, 2.05) is 0 Å². The van der Waals surface area contributed by atoms with Crippen LogP contribution < -0.4 is 5.32 Å². The highest BCUT2D eigenvalue weighted by atomic mass is 35.5. The van der Waals surface area contributed by atoms with E-state index in [0.717, 1.165) is 17.7 Å². The van der Waals surface area contributed by atoms with Crippen molar-refractivity contribution in [3.63, 3.8) is 0 Å². The Hall–Kier alpha value is -2.20. The summed E-state index contributed by atoms with van der Waals surface area (Å²) in [5.41, 5.74) is 1.01. The maximum absolute atomic E-state index is 13.6. The van der Waals surface area contributed by atoms with Crippen LogP contribution in [0.3, 0.4) is 0 Å². The topological polar surface area (TPSA) is 29.1 Å². The molecule has 2 aromatic rings. The maximum Gasteiger partial charge on any atom is 0.244 e. The van der Waals surface area contributed by atoms with Gasteiger partial charge in [-0.25, -0.2) is 8.78 Å². The minimum atomic E-state index is -0.688. The van der Waals surface area contributed by atoms with Gasteiger partial charge in [-0.3, -0.25) is 4.79 Å². The number of hydrogen-bond acceptors (Lipinski definition) is 1.